The molecule has 102 valence electrons. The molecule has 1 heterocycles. The molecule has 0 saturated carbocycles. The Balaban J connectivity index is 1.92. The van der Waals surface area contributed by atoms with E-state index in [1.807, 2.05) is 30.3 Å². The zero-order valence-corrected chi connectivity index (χ0v) is 11.0. The molecule has 1 saturated heterocycles. The van der Waals surface area contributed by atoms with Gasteiger partial charge in [0.05, 0.1) is 7.11 Å². The van der Waals surface area contributed by atoms with Crippen LogP contribution < -0.4 is 9.64 Å². The number of anilines is 1. The lowest BCUT2D eigenvalue weighted by Gasteiger charge is -2.43. The monoisotopic (exact) mass is 271 g/mol. The van der Waals surface area contributed by atoms with Crippen molar-refractivity contribution in [3.8, 4) is 5.75 Å². The number of rotatable bonds is 3. The molecule has 3 rings (SSSR count). The van der Waals surface area contributed by atoms with Gasteiger partial charge < -0.3 is 4.74 Å². The Bertz CT molecular complexity index is 612. The van der Waals surface area contributed by atoms with Crippen molar-refractivity contribution in [1.82, 2.24) is 0 Å². The maximum Gasteiger partial charge on any atom is 0.264 e. The highest BCUT2D eigenvalue weighted by Gasteiger charge is 2.49. The number of β-lactam (4-membered cyclic amide) rings is 1. The van der Waals surface area contributed by atoms with E-state index in [1.54, 1.807) is 31.4 Å². The summed E-state index contributed by atoms with van der Waals surface area (Å²) in [6.45, 7) is 0. The summed E-state index contributed by atoms with van der Waals surface area (Å²) >= 11 is 0. The van der Waals surface area contributed by atoms with Gasteiger partial charge in [0, 0.05) is 5.69 Å². The molecule has 0 bridgehead atoms. The summed E-state index contributed by atoms with van der Waals surface area (Å²) in [5, 5.41) is 0. The van der Waals surface area contributed by atoms with Crippen LogP contribution in [0.1, 0.15) is 11.6 Å². The normalized spacial score (nSPS) is 21.5. The van der Waals surface area contributed by atoms with E-state index >= 15 is 0 Å². The first-order valence-corrected chi connectivity index (χ1v) is 6.38. The summed E-state index contributed by atoms with van der Waals surface area (Å²) in [5.41, 5.74) is 1.48. The highest BCUT2D eigenvalue weighted by molar-refractivity contribution is 6.05. The summed E-state index contributed by atoms with van der Waals surface area (Å²) in [6.07, 6.45) is -1.47. The number of hydrogen-bond acceptors (Lipinski definition) is 2. The van der Waals surface area contributed by atoms with E-state index in [-0.39, 0.29) is 0 Å². The van der Waals surface area contributed by atoms with Gasteiger partial charge in [-0.15, -0.1) is 0 Å². The Morgan fingerprint density at radius 2 is 1.70 bits per heavy atom. The molecule has 1 aliphatic heterocycles. The molecular weight excluding hydrogens is 257 g/mol. The van der Waals surface area contributed by atoms with Crippen molar-refractivity contribution >= 4 is 11.6 Å². The summed E-state index contributed by atoms with van der Waals surface area (Å²) in [7, 11) is 1.58. The fourth-order valence-electron chi connectivity index (χ4n) is 2.45. The van der Waals surface area contributed by atoms with E-state index < -0.39 is 18.1 Å². The molecule has 2 aromatic rings. The molecular formula is C16H14FNO2. The second-order valence-electron chi connectivity index (χ2n) is 4.66. The summed E-state index contributed by atoms with van der Waals surface area (Å²) in [4.78, 5) is 13.3. The zero-order chi connectivity index (χ0) is 14.1. The van der Waals surface area contributed by atoms with Gasteiger partial charge in [0.15, 0.2) is 0 Å². The van der Waals surface area contributed by atoms with E-state index in [1.165, 1.54) is 4.90 Å². The number of hydrogen-bond donors (Lipinski definition) is 0. The molecule has 0 aliphatic carbocycles. The molecule has 1 amide bonds. The zero-order valence-electron chi connectivity index (χ0n) is 11.0. The van der Waals surface area contributed by atoms with Crippen LogP contribution in [0.4, 0.5) is 10.1 Å². The minimum Gasteiger partial charge on any atom is -0.497 e. The first-order valence-electron chi connectivity index (χ1n) is 6.38. The van der Waals surface area contributed by atoms with E-state index in [0.29, 0.717) is 11.4 Å². The number of alkyl halides is 1. The SMILES string of the molecule is COc1ccc(N2C(=O)[C@H](F)[C@@H]2c2ccccc2)cc1. The van der Waals surface area contributed by atoms with Crippen LogP contribution in [0, 0.1) is 0 Å². The third-order valence-electron chi connectivity index (χ3n) is 3.52. The van der Waals surface area contributed by atoms with Gasteiger partial charge in [-0.3, -0.25) is 9.69 Å². The molecule has 0 N–H and O–H groups in total. The maximum atomic E-state index is 13.9. The summed E-state index contributed by atoms with van der Waals surface area (Å²) in [5.74, 6) is 0.207. The van der Waals surface area contributed by atoms with Crippen molar-refractivity contribution in [2.24, 2.45) is 0 Å². The standard InChI is InChI=1S/C16H14FNO2/c1-20-13-9-7-12(8-10-13)18-15(14(17)16(18)19)11-5-3-2-4-6-11/h2-10,14-15H,1H3/t14-,15+/m1/s1. The fraction of sp³-hybridized carbons (Fsp3) is 0.188. The first kappa shape index (κ1) is 12.7. The number of ether oxygens (including phenoxy) is 1. The molecule has 2 aromatic carbocycles. The van der Waals surface area contributed by atoms with Gasteiger partial charge in [0.2, 0.25) is 6.17 Å². The van der Waals surface area contributed by atoms with Crippen molar-refractivity contribution in [2.45, 2.75) is 12.2 Å². The molecule has 4 heteroatoms. The molecule has 2 atom stereocenters. The van der Waals surface area contributed by atoms with Crippen LogP contribution in [0.2, 0.25) is 0 Å². The van der Waals surface area contributed by atoms with Crippen molar-refractivity contribution in [3.05, 3.63) is 60.2 Å². The Morgan fingerprint density at radius 1 is 1.05 bits per heavy atom. The van der Waals surface area contributed by atoms with Crippen LogP contribution in [-0.2, 0) is 4.79 Å². The molecule has 0 spiro atoms. The second kappa shape index (κ2) is 4.96. The summed E-state index contributed by atoms with van der Waals surface area (Å²) in [6, 6.07) is 15.7. The minimum atomic E-state index is -1.47. The molecule has 0 unspecified atom stereocenters. The lowest BCUT2D eigenvalue weighted by atomic mass is 9.91. The second-order valence-corrected chi connectivity index (χ2v) is 4.66. The Hall–Kier alpha value is -2.36. The van der Waals surface area contributed by atoms with Crippen molar-refractivity contribution in [2.75, 3.05) is 12.0 Å². The van der Waals surface area contributed by atoms with Gasteiger partial charge in [-0.2, -0.15) is 0 Å². The molecule has 0 aromatic heterocycles. The lowest BCUT2D eigenvalue weighted by Crippen LogP contribution is -2.57. The van der Waals surface area contributed by atoms with Crippen molar-refractivity contribution in [3.63, 3.8) is 0 Å². The average Bonchev–Trinajstić information content (AvgIpc) is 2.52. The van der Waals surface area contributed by atoms with Crippen LogP contribution in [0.15, 0.2) is 54.6 Å². The van der Waals surface area contributed by atoms with Gasteiger partial charge in [-0.25, -0.2) is 4.39 Å². The van der Waals surface area contributed by atoms with Crippen molar-refractivity contribution < 1.29 is 13.9 Å². The fourth-order valence-corrected chi connectivity index (χ4v) is 2.45. The van der Waals surface area contributed by atoms with E-state index in [9.17, 15) is 9.18 Å². The van der Waals surface area contributed by atoms with Gasteiger partial charge in [-0.05, 0) is 29.8 Å². The Morgan fingerprint density at radius 3 is 2.30 bits per heavy atom. The molecule has 1 fully saturated rings. The predicted molar refractivity (Wildman–Crippen MR) is 74.6 cm³/mol. The first-order chi connectivity index (χ1) is 9.72. The van der Waals surface area contributed by atoms with Crippen LogP contribution >= 0.6 is 0 Å². The smallest absolute Gasteiger partial charge is 0.264 e. The van der Waals surface area contributed by atoms with Gasteiger partial charge in [0.1, 0.15) is 11.8 Å². The number of methoxy groups -OCH3 is 1. The van der Waals surface area contributed by atoms with E-state index in [0.717, 1.165) is 5.56 Å². The molecule has 0 radical (unpaired) electrons. The topological polar surface area (TPSA) is 29.5 Å². The molecule has 3 nitrogen and oxygen atoms in total. The number of carbonyl (C=O) groups excluding carboxylic acids is 1. The van der Waals surface area contributed by atoms with Crippen LogP contribution in [0.3, 0.4) is 0 Å². The van der Waals surface area contributed by atoms with Gasteiger partial charge in [-0.1, -0.05) is 30.3 Å². The molecule has 20 heavy (non-hydrogen) atoms. The van der Waals surface area contributed by atoms with Crippen LogP contribution in [0.25, 0.3) is 0 Å². The third-order valence-corrected chi connectivity index (χ3v) is 3.52. The maximum absolute atomic E-state index is 13.9. The predicted octanol–water partition coefficient (Wildman–Crippen LogP) is 3.12. The number of benzene rings is 2. The third kappa shape index (κ3) is 1.93. The summed E-state index contributed by atoms with van der Waals surface area (Å²) < 4.78 is 19.0. The Labute approximate surface area is 116 Å². The average molecular weight is 271 g/mol. The Kier molecular flexibility index (Phi) is 3.14. The lowest BCUT2D eigenvalue weighted by molar-refractivity contribution is -0.131. The molecule has 1 aliphatic rings. The van der Waals surface area contributed by atoms with Crippen molar-refractivity contribution in [1.29, 1.82) is 0 Å². The minimum absolute atomic E-state index is 0.496. The highest BCUT2D eigenvalue weighted by atomic mass is 19.1. The largest absolute Gasteiger partial charge is 0.497 e. The van der Waals surface area contributed by atoms with Gasteiger partial charge in [0.25, 0.3) is 5.91 Å². The number of halogens is 1. The quantitative estimate of drug-likeness (QED) is 0.803. The van der Waals surface area contributed by atoms with E-state index in [2.05, 4.69) is 0 Å². The number of nitrogens with zero attached hydrogens (tertiary/aromatic N) is 1. The van der Waals surface area contributed by atoms with Gasteiger partial charge >= 0.3 is 0 Å². The van der Waals surface area contributed by atoms with Crippen LogP contribution in [-0.4, -0.2) is 19.2 Å². The van der Waals surface area contributed by atoms with Crippen LogP contribution in [0.5, 0.6) is 5.75 Å². The highest BCUT2D eigenvalue weighted by Crippen LogP contribution is 2.41. The van der Waals surface area contributed by atoms with E-state index in [4.69, 9.17) is 4.74 Å². The number of amides is 1. The number of carbonyl (C=O) groups is 1.